The van der Waals surface area contributed by atoms with Gasteiger partial charge >= 0.3 is 6.18 Å². The molecule has 2 aromatic rings. The van der Waals surface area contributed by atoms with Gasteiger partial charge in [0.25, 0.3) is 5.56 Å². The highest BCUT2D eigenvalue weighted by molar-refractivity contribution is 5.40. The molecule has 92 valence electrons. The van der Waals surface area contributed by atoms with Crippen molar-refractivity contribution in [3.63, 3.8) is 0 Å². The molecule has 0 aliphatic carbocycles. The summed E-state index contributed by atoms with van der Waals surface area (Å²) in [6.45, 7) is 1.59. The van der Waals surface area contributed by atoms with Crippen molar-refractivity contribution in [1.29, 1.82) is 0 Å². The van der Waals surface area contributed by atoms with Gasteiger partial charge in [0.15, 0.2) is 5.65 Å². The number of nitrogens with two attached hydrogens (primary N) is 1. The normalized spacial score (nSPS) is 14.2. The number of halogens is 3. The van der Waals surface area contributed by atoms with E-state index in [2.05, 4.69) is 4.98 Å². The maximum atomic E-state index is 12.4. The number of aromatic nitrogens is 3. The molecule has 0 aromatic carbocycles. The Bertz CT molecular complexity index is 611. The molecule has 1 unspecified atom stereocenters. The third-order valence-corrected chi connectivity index (χ3v) is 2.24. The molecule has 5 nitrogen and oxygen atoms in total. The summed E-state index contributed by atoms with van der Waals surface area (Å²) in [4.78, 5) is 15.4. The largest absolute Gasteiger partial charge is 0.432 e. The molecule has 0 bridgehead atoms. The number of hydrogen-bond acceptors (Lipinski definition) is 3. The number of alkyl halides is 3. The highest BCUT2D eigenvalue weighted by Gasteiger charge is 2.33. The smallest absolute Gasteiger partial charge is 0.323 e. The molecule has 8 heteroatoms. The van der Waals surface area contributed by atoms with Gasteiger partial charge in [0.1, 0.15) is 5.69 Å². The van der Waals surface area contributed by atoms with Gasteiger partial charge in [-0.15, -0.1) is 0 Å². The van der Waals surface area contributed by atoms with Crippen LogP contribution in [-0.2, 0) is 6.18 Å². The van der Waals surface area contributed by atoms with Crippen LogP contribution >= 0.6 is 0 Å². The Morgan fingerprint density at radius 3 is 2.65 bits per heavy atom. The van der Waals surface area contributed by atoms with E-state index in [0.29, 0.717) is 0 Å². The van der Waals surface area contributed by atoms with Crippen LogP contribution in [0.5, 0.6) is 0 Å². The molecule has 0 fully saturated rings. The van der Waals surface area contributed by atoms with Gasteiger partial charge in [-0.05, 0) is 6.92 Å². The number of nitrogens with zero attached hydrogens (tertiary/aromatic N) is 2. The SMILES string of the molecule is CC(N)c1cc(=O)n2[nH]c(C(F)(F)F)cc2n1. The van der Waals surface area contributed by atoms with E-state index in [0.717, 1.165) is 16.6 Å². The van der Waals surface area contributed by atoms with Crippen molar-refractivity contribution in [1.82, 2.24) is 14.6 Å². The van der Waals surface area contributed by atoms with Gasteiger partial charge in [0.2, 0.25) is 0 Å². The zero-order valence-electron chi connectivity index (χ0n) is 8.75. The minimum Gasteiger partial charge on any atom is -0.323 e. The highest BCUT2D eigenvalue weighted by Crippen LogP contribution is 2.28. The molecule has 2 rings (SSSR count). The third kappa shape index (κ3) is 2.03. The lowest BCUT2D eigenvalue weighted by Crippen LogP contribution is -2.19. The molecular formula is C9H9F3N4O. The summed E-state index contributed by atoms with van der Waals surface area (Å²) in [7, 11) is 0. The van der Waals surface area contributed by atoms with E-state index >= 15 is 0 Å². The number of aromatic amines is 1. The van der Waals surface area contributed by atoms with Gasteiger partial charge in [0.05, 0.1) is 5.69 Å². The van der Waals surface area contributed by atoms with E-state index in [-0.39, 0.29) is 11.3 Å². The average Bonchev–Trinajstić information content (AvgIpc) is 2.60. The van der Waals surface area contributed by atoms with E-state index in [4.69, 9.17) is 5.73 Å². The predicted molar refractivity (Wildman–Crippen MR) is 53.4 cm³/mol. The van der Waals surface area contributed by atoms with Crippen LogP contribution < -0.4 is 11.3 Å². The van der Waals surface area contributed by atoms with Crippen LogP contribution in [0.4, 0.5) is 13.2 Å². The molecule has 0 aliphatic heterocycles. The zero-order valence-corrected chi connectivity index (χ0v) is 8.75. The predicted octanol–water partition coefficient (Wildman–Crippen LogP) is 1.06. The van der Waals surface area contributed by atoms with Crippen LogP contribution in [-0.4, -0.2) is 14.6 Å². The van der Waals surface area contributed by atoms with Gasteiger partial charge in [-0.3, -0.25) is 9.89 Å². The molecule has 0 aliphatic rings. The fraction of sp³-hybridized carbons (Fsp3) is 0.333. The summed E-state index contributed by atoms with van der Waals surface area (Å²) >= 11 is 0. The number of fused-ring (bicyclic) bond motifs is 1. The Labute approximate surface area is 93.1 Å². The van der Waals surface area contributed by atoms with Crippen molar-refractivity contribution in [2.75, 3.05) is 0 Å². The summed E-state index contributed by atoms with van der Waals surface area (Å²) in [6, 6.07) is 1.36. The summed E-state index contributed by atoms with van der Waals surface area (Å²) in [6.07, 6.45) is -4.55. The quantitative estimate of drug-likeness (QED) is 0.789. The first-order valence-corrected chi connectivity index (χ1v) is 4.74. The van der Waals surface area contributed by atoms with E-state index in [1.807, 2.05) is 5.10 Å². The van der Waals surface area contributed by atoms with Crippen LogP contribution in [0.2, 0.25) is 0 Å². The van der Waals surface area contributed by atoms with Crippen molar-refractivity contribution in [2.45, 2.75) is 19.1 Å². The number of rotatable bonds is 1. The monoisotopic (exact) mass is 246 g/mol. The second-order valence-electron chi connectivity index (χ2n) is 3.67. The first-order chi connectivity index (χ1) is 7.79. The molecule has 2 aromatic heterocycles. The highest BCUT2D eigenvalue weighted by atomic mass is 19.4. The Hall–Kier alpha value is -1.83. The summed E-state index contributed by atoms with van der Waals surface area (Å²) < 4.78 is 38.0. The fourth-order valence-corrected chi connectivity index (χ4v) is 1.39. The molecule has 3 N–H and O–H groups in total. The minimum absolute atomic E-state index is 0.0999. The Balaban J connectivity index is 2.70. The molecule has 0 radical (unpaired) electrons. The summed E-state index contributed by atoms with van der Waals surface area (Å²) in [5, 5.41) is 1.95. The van der Waals surface area contributed by atoms with Crippen molar-refractivity contribution < 1.29 is 13.2 Å². The van der Waals surface area contributed by atoms with Crippen molar-refractivity contribution >= 4 is 5.65 Å². The molecule has 2 heterocycles. The molecular weight excluding hydrogens is 237 g/mol. The van der Waals surface area contributed by atoms with Crippen LogP contribution in [0.25, 0.3) is 5.65 Å². The fourth-order valence-electron chi connectivity index (χ4n) is 1.39. The van der Waals surface area contributed by atoms with Gasteiger partial charge < -0.3 is 5.73 Å². The maximum absolute atomic E-state index is 12.4. The topological polar surface area (TPSA) is 76.2 Å². The standard InChI is InChI=1S/C9H9F3N4O/c1-4(13)5-2-8(17)16-7(14-5)3-6(15-16)9(10,11)12/h2-4,15H,13H2,1H3. The molecule has 0 amide bonds. The molecule has 1 atom stereocenters. The Morgan fingerprint density at radius 1 is 1.47 bits per heavy atom. The van der Waals surface area contributed by atoms with E-state index in [1.165, 1.54) is 0 Å². The van der Waals surface area contributed by atoms with E-state index in [1.54, 1.807) is 6.92 Å². The number of H-pyrrole nitrogens is 1. The number of nitrogens with one attached hydrogen (secondary N) is 1. The summed E-state index contributed by atoms with van der Waals surface area (Å²) in [5.74, 6) is 0. The van der Waals surface area contributed by atoms with Gasteiger partial charge in [0, 0.05) is 18.2 Å². The Morgan fingerprint density at radius 2 is 2.12 bits per heavy atom. The van der Waals surface area contributed by atoms with Gasteiger partial charge in [-0.25, -0.2) is 9.50 Å². The van der Waals surface area contributed by atoms with Crippen LogP contribution in [0.1, 0.15) is 24.4 Å². The minimum atomic E-state index is -4.55. The van der Waals surface area contributed by atoms with Crippen LogP contribution in [0.15, 0.2) is 16.9 Å². The zero-order chi connectivity index (χ0) is 12.8. The van der Waals surface area contributed by atoms with Crippen molar-refractivity contribution in [3.8, 4) is 0 Å². The first kappa shape index (κ1) is 11.6. The molecule has 0 saturated carbocycles. The van der Waals surface area contributed by atoms with Gasteiger partial charge in [-0.2, -0.15) is 13.2 Å². The second kappa shape index (κ2) is 3.59. The van der Waals surface area contributed by atoms with E-state index < -0.39 is 23.5 Å². The van der Waals surface area contributed by atoms with Crippen LogP contribution in [0.3, 0.4) is 0 Å². The molecule has 0 spiro atoms. The van der Waals surface area contributed by atoms with Crippen LogP contribution in [0, 0.1) is 0 Å². The maximum Gasteiger partial charge on any atom is 0.432 e. The van der Waals surface area contributed by atoms with Crippen molar-refractivity contribution in [3.05, 3.63) is 33.9 Å². The van der Waals surface area contributed by atoms with Gasteiger partial charge in [-0.1, -0.05) is 0 Å². The Kier molecular flexibility index (Phi) is 2.46. The molecule has 17 heavy (non-hydrogen) atoms. The third-order valence-electron chi connectivity index (χ3n) is 2.24. The lowest BCUT2D eigenvalue weighted by Gasteiger charge is -2.03. The first-order valence-electron chi connectivity index (χ1n) is 4.74. The lowest BCUT2D eigenvalue weighted by atomic mass is 10.2. The lowest BCUT2D eigenvalue weighted by molar-refractivity contribution is -0.141. The average molecular weight is 246 g/mol. The van der Waals surface area contributed by atoms with Crippen molar-refractivity contribution in [2.24, 2.45) is 5.73 Å². The molecule has 0 saturated heterocycles. The second-order valence-corrected chi connectivity index (χ2v) is 3.67. The summed E-state index contributed by atoms with van der Waals surface area (Å²) in [5.41, 5.74) is 4.02. The number of hydrogen-bond donors (Lipinski definition) is 2. The van der Waals surface area contributed by atoms with E-state index in [9.17, 15) is 18.0 Å².